The first-order chi connectivity index (χ1) is 8.81. The molecule has 1 rings (SSSR count). The van der Waals surface area contributed by atoms with Gasteiger partial charge in [-0.3, -0.25) is 4.90 Å². The van der Waals surface area contributed by atoms with E-state index in [-0.39, 0.29) is 0 Å². The van der Waals surface area contributed by atoms with Gasteiger partial charge in [0.25, 0.3) is 0 Å². The highest BCUT2D eigenvalue weighted by atomic mass is 32.1. The molecule has 3 N–H and O–H groups in total. The van der Waals surface area contributed by atoms with Crippen molar-refractivity contribution in [1.29, 1.82) is 0 Å². The van der Waals surface area contributed by atoms with Gasteiger partial charge in [0.15, 0.2) is 0 Å². The Morgan fingerprint density at radius 1 is 1.28 bits per heavy atom. The van der Waals surface area contributed by atoms with Crippen LogP contribution in [0.15, 0.2) is 0 Å². The fourth-order valence-corrected chi connectivity index (χ4v) is 2.04. The molecular formula is C10H21N5O2S. The lowest BCUT2D eigenvalue weighted by Crippen LogP contribution is -2.29. The van der Waals surface area contributed by atoms with Crippen LogP contribution in [0.1, 0.15) is 12.1 Å². The summed E-state index contributed by atoms with van der Waals surface area (Å²) in [5.41, 5.74) is 3.49. The summed E-state index contributed by atoms with van der Waals surface area (Å²) >= 11 is 1.26. The van der Waals surface area contributed by atoms with Crippen molar-refractivity contribution in [2.24, 2.45) is 5.84 Å². The van der Waals surface area contributed by atoms with E-state index in [0.29, 0.717) is 13.2 Å². The number of nitrogens with zero attached hydrogens (tertiary/aromatic N) is 3. The van der Waals surface area contributed by atoms with Crippen molar-refractivity contribution in [3.05, 3.63) is 5.69 Å². The Morgan fingerprint density at radius 2 is 2.06 bits per heavy atom. The number of hydrazine groups is 1. The lowest BCUT2D eigenvalue weighted by Gasteiger charge is -2.20. The highest BCUT2D eigenvalue weighted by molar-refractivity contribution is 7.10. The highest BCUT2D eigenvalue weighted by Gasteiger charge is 2.12. The Labute approximate surface area is 111 Å². The van der Waals surface area contributed by atoms with Gasteiger partial charge in [0, 0.05) is 52.0 Å². The van der Waals surface area contributed by atoms with E-state index in [4.69, 9.17) is 15.3 Å². The minimum absolute atomic E-state index is 0.690. The number of hydrogen-bond donors (Lipinski definition) is 2. The number of rotatable bonds is 10. The van der Waals surface area contributed by atoms with Crippen LogP contribution in [0, 0.1) is 0 Å². The number of methoxy groups -OCH3 is 2. The molecule has 0 amide bonds. The average molecular weight is 275 g/mol. The normalized spacial score (nSPS) is 11.1. The number of anilines is 1. The molecule has 0 aliphatic rings. The van der Waals surface area contributed by atoms with Crippen LogP contribution in [0.3, 0.4) is 0 Å². The van der Waals surface area contributed by atoms with E-state index in [1.54, 1.807) is 14.2 Å². The van der Waals surface area contributed by atoms with E-state index >= 15 is 0 Å². The third kappa shape index (κ3) is 5.23. The molecule has 1 heterocycles. The van der Waals surface area contributed by atoms with Gasteiger partial charge in [-0.1, -0.05) is 4.49 Å². The summed E-state index contributed by atoms with van der Waals surface area (Å²) < 4.78 is 14.1. The summed E-state index contributed by atoms with van der Waals surface area (Å²) in [4.78, 5) is 2.25. The van der Waals surface area contributed by atoms with Crippen molar-refractivity contribution in [2.75, 3.05) is 45.9 Å². The van der Waals surface area contributed by atoms with Gasteiger partial charge in [0.2, 0.25) is 0 Å². The van der Waals surface area contributed by atoms with E-state index in [1.165, 1.54) is 11.5 Å². The first kappa shape index (κ1) is 15.3. The topological polar surface area (TPSA) is 85.5 Å². The van der Waals surface area contributed by atoms with Crippen LogP contribution in [0.5, 0.6) is 0 Å². The van der Waals surface area contributed by atoms with E-state index in [2.05, 4.69) is 19.9 Å². The summed E-state index contributed by atoms with van der Waals surface area (Å²) in [6, 6.07) is 0. The first-order valence-electron chi connectivity index (χ1n) is 5.80. The van der Waals surface area contributed by atoms with Crippen molar-refractivity contribution in [3.8, 4) is 0 Å². The van der Waals surface area contributed by atoms with Gasteiger partial charge >= 0.3 is 0 Å². The summed E-state index contributed by atoms with van der Waals surface area (Å²) in [6.45, 7) is 3.93. The second-order valence-corrected chi connectivity index (χ2v) is 4.56. The van der Waals surface area contributed by atoms with Gasteiger partial charge in [-0.25, -0.2) is 5.84 Å². The highest BCUT2D eigenvalue weighted by Crippen LogP contribution is 2.17. The summed E-state index contributed by atoms with van der Waals surface area (Å²) in [5.74, 6) is 5.41. The first-order valence-corrected chi connectivity index (χ1v) is 6.57. The maximum absolute atomic E-state index is 5.41. The standard InChI is InChI=1S/C10H21N5O2S/c1-16-6-3-4-15(5-7-17-2)8-9-10(12-11)18-14-13-9/h12H,3-8,11H2,1-2H3. The summed E-state index contributed by atoms with van der Waals surface area (Å²) in [6.07, 6.45) is 0.975. The Morgan fingerprint density at radius 3 is 2.72 bits per heavy atom. The Balaban J connectivity index is 2.48. The van der Waals surface area contributed by atoms with Crippen LogP contribution >= 0.6 is 11.5 Å². The van der Waals surface area contributed by atoms with E-state index < -0.39 is 0 Å². The molecule has 0 fully saturated rings. The Hall–Kier alpha value is -0.800. The molecule has 0 aliphatic carbocycles. The summed E-state index contributed by atoms with van der Waals surface area (Å²) in [5, 5.41) is 4.88. The molecule has 0 atom stereocenters. The number of nitrogens with one attached hydrogen (secondary N) is 1. The zero-order valence-corrected chi connectivity index (χ0v) is 11.7. The molecular weight excluding hydrogens is 254 g/mol. The van der Waals surface area contributed by atoms with Crippen LogP contribution in [0.25, 0.3) is 0 Å². The van der Waals surface area contributed by atoms with E-state index in [0.717, 1.165) is 36.8 Å². The second-order valence-electron chi connectivity index (χ2n) is 3.81. The second kappa shape index (κ2) is 9.17. The quantitative estimate of drug-likeness (QED) is 0.361. The molecule has 0 bridgehead atoms. The maximum atomic E-state index is 5.41. The number of hydrogen-bond acceptors (Lipinski definition) is 8. The monoisotopic (exact) mass is 275 g/mol. The molecule has 1 aromatic rings. The third-order valence-electron chi connectivity index (χ3n) is 2.49. The minimum atomic E-state index is 0.690. The summed E-state index contributed by atoms with van der Waals surface area (Å²) in [7, 11) is 3.41. The molecule has 7 nitrogen and oxygen atoms in total. The molecule has 1 aromatic heterocycles. The predicted molar refractivity (Wildman–Crippen MR) is 71.4 cm³/mol. The Kier molecular flexibility index (Phi) is 7.78. The predicted octanol–water partition coefficient (Wildman–Crippen LogP) is 0.309. The molecule has 0 saturated heterocycles. The largest absolute Gasteiger partial charge is 0.385 e. The lowest BCUT2D eigenvalue weighted by molar-refractivity contribution is 0.128. The molecule has 0 aliphatic heterocycles. The maximum Gasteiger partial charge on any atom is 0.148 e. The van der Waals surface area contributed by atoms with Gasteiger partial charge in [0.05, 0.1) is 6.61 Å². The average Bonchev–Trinajstić information content (AvgIpc) is 2.83. The molecule has 18 heavy (non-hydrogen) atoms. The van der Waals surface area contributed by atoms with Crippen LogP contribution in [-0.4, -0.2) is 55.0 Å². The van der Waals surface area contributed by atoms with Gasteiger partial charge < -0.3 is 14.9 Å². The fourth-order valence-electron chi connectivity index (χ4n) is 1.56. The van der Waals surface area contributed by atoms with Crippen molar-refractivity contribution in [3.63, 3.8) is 0 Å². The third-order valence-corrected chi connectivity index (χ3v) is 3.19. The Bertz CT molecular complexity index is 323. The van der Waals surface area contributed by atoms with Crippen LogP contribution in [-0.2, 0) is 16.0 Å². The van der Waals surface area contributed by atoms with Crippen LogP contribution in [0.2, 0.25) is 0 Å². The molecule has 8 heteroatoms. The number of nitrogen functional groups attached to an aromatic ring is 1. The fraction of sp³-hybridized carbons (Fsp3) is 0.800. The SMILES string of the molecule is COCCCN(CCOC)Cc1nnsc1NN. The zero-order valence-electron chi connectivity index (χ0n) is 10.9. The number of ether oxygens (including phenoxy) is 2. The molecule has 0 saturated carbocycles. The van der Waals surface area contributed by atoms with Crippen molar-refractivity contribution in [2.45, 2.75) is 13.0 Å². The van der Waals surface area contributed by atoms with Gasteiger partial charge in [-0.15, -0.1) is 5.10 Å². The van der Waals surface area contributed by atoms with Crippen molar-refractivity contribution >= 4 is 16.5 Å². The van der Waals surface area contributed by atoms with Gasteiger partial charge in [-0.2, -0.15) is 0 Å². The number of aromatic nitrogens is 2. The number of nitrogens with two attached hydrogens (primary N) is 1. The zero-order chi connectivity index (χ0) is 13.2. The molecule has 0 spiro atoms. The van der Waals surface area contributed by atoms with Crippen molar-refractivity contribution in [1.82, 2.24) is 14.5 Å². The van der Waals surface area contributed by atoms with Gasteiger partial charge in [-0.05, 0) is 6.42 Å². The smallest absolute Gasteiger partial charge is 0.148 e. The molecule has 0 unspecified atom stereocenters. The molecule has 0 radical (unpaired) electrons. The van der Waals surface area contributed by atoms with E-state index in [9.17, 15) is 0 Å². The van der Waals surface area contributed by atoms with Crippen LogP contribution < -0.4 is 11.3 Å². The van der Waals surface area contributed by atoms with Gasteiger partial charge in [0.1, 0.15) is 10.7 Å². The van der Waals surface area contributed by atoms with E-state index in [1.807, 2.05) is 0 Å². The van der Waals surface area contributed by atoms with Crippen molar-refractivity contribution < 1.29 is 9.47 Å². The molecule has 0 aromatic carbocycles. The lowest BCUT2D eigenvalue weighted by atomic mass is 10.3. The molecule has 104 valence electrons. The minimum Gasteiger partial charge on any atom is -0.385 e. The van der Waals surface area contributed by atoms with Crippen LogP contribution in [0.4, 0.5) is 5.00 Å².